The summed E-state index contributed by atoms with van der Waals surface area (Å²) in [5.74, 6) is 1.45. The predicted molar refractivity (Wildman–Crippen MR) is 68.9 cm³/mol. The van der Waals surface area contributed by atoms with Crippen LogP contribution in [-0.4, -0.2) is 38.8 Å². The Hall–Kier alpha value is -0.610. The van der Waals surface area contributed by atoms with E-state index in [1.54, 1.807) is 0 Å². The molecule has 1 heterocycles. The first-order chi connectivity index (χ1) is 8.24. The maximum atomic E-state index is 11.6. The smallest absolute Gasteiger partial charge is 0.220 e. The quantitative estimate of drug-likeness (QED) is 0.659. The van der Waals surface area contributed by atoms with E-state index in [0.717, 1.165) is 32.7 Å². The van der Waals surface area contributed by atoms with Gasteiger partial charge in [0.2, 0.25) is 5.91 Å². The predicted octanol–water partition coefficient (Wildman–Crippen LogP) is 1.16. The van der Waals surface area contributed by atoms with Crippen molar-refractivity contribution in [2.24, 2.45) is 11.8 Å². The molecule has 1 saturated heterocycles. The first kappa shape index (κ1) is 14.5. The highest BCUT2D eigenvalue weighted by Gasteiger charge is 2.21. The molecule has 1 amide bonds. The summed E-state index contributed by atoms with van der Waals surface area (Å²) in [6.45, 7) is 8.60. The molecule has 0 saturated carbocycles. The number of piperidine rings is 1. The first-order valence-electron chi connectivity index (χ1n) is 6.79. The Morgan fingerprint density at radius 2 is 2.35 bits per heavy atom. The van der Waals surface area contributed by atoms with Gasteiger partial charge in [0.1, 0.15) is 0 Å². The van der Waals surface area contributed by atoms with Gasteiger partial charge in [0, 0.05) is 26.2 Å². The lowest BCUT2D eigenvalue weighted by atomic mass is 9.88. The Bertz CT molecular complexity index is 221. The highest BCUT2D eigenvalue weighted by molar-refractivity contribution is 5.75. The van der Waals surface area contributed by atoms with Crippen molar-refractivity contribution >= 4 is 5.91 Å². The number of rotatable bonds is 7. The summed E-state index contributed by atoms with van der Waals surface area (Å²) in [5.41, 5.74) is 0. The molecule has 1 aliphatic heterocycles. The van der Waals surface area contributed by atoms with E-state index in [-0.39, 0.29) is 5.91 Å². The van der Waals surface area contributed by atoms with Crippen LogP contribution in [0.25, 0.3) is 0 Å². The fourth-order valence-corrected chi connectivity index (χ4v) is 2.14. The van der Waals surface area contributed by atoms with Crippen molar-refractivity contribution in [1.82, 2.24) is 10.6 Å². The molecule has 1 aliphatic rings. The Labute approximate surface area is 104 Å². The second-order valence-electron chi connectivity index (χ2n) is 4.83. The van der Waals surface area contributed by atoms with Crippen molar-refractivity contribution in [3.05, 3.63) is 0 Å². The molecule has 0 spiro atoms. The zero-order valence-corrected chi connectivity index (χ0v) is 11.1. The minimum atomic E-state index is 0.155. The van der Waals surface area contributed by atoms with Crippen LogP contribution in [0.15, 0.2) is 0 Å². The van der Waals surface area contributed by atoms with Gasteiger partial charge in [-0.25, -0.2) is 0 Å². The molecule has 1 rings (SSSR count). The summed E-state index contributed by atoms with van der Waals surface area (Å²) in [5, 5.41) is 6.40. The van der Waals surface area contributed by atoms with Gasteiger partial charge in [-0.1, -0.05) is 6.92 Å². The lowest BCUT2D eigenvalue weighted by molar-refractivity contribution is -0.121. The van der Waals surface area contributed by atoms with Gasteiger partial charge in [0.05, 0.1) is 0 Å². The van der Waals surface area contributed by atoms with E-state index < -0.39 is 0 Å². The van der Waals surface area contributed by atoms with Gasteiger partial charge in [0.15, 0.2) is 0 Å². The van der Waals surface area contributed by atoms with Crippen LogP contribution in [0.2, 0.25) is 0 Å². The molecule has 2 unspecified atom stereocenters. The van der Waals surface area contributed by atoms with Crippen molar-refractivity contribution in [3.8, 4) is 0 Å². The monoisotopic (exact) mass is 242 g/mol. The van der Waals surface area contributed by atoms with Crippen LogP contribution < -0.4 is 10.6 Å². The first-order valence-corrected chi connectivity index (χ1v) is 6.79. The second kappa shape index (κ2) is 8.48. The molecule has 0 radical (unpaired) electrons. The Balaban J connectivity index is 2.06. The van der Waals surface area contributed by atoms with Crippen molar-refractivity contribution in [2.45, 2.75) is 33.1 Å². The summed E-state index contributed by atoms with van der Waals surface area (Å²) in [6.07, 6.45) is 2.61. The van der Waals surface area contributed by atoms with Crippen LogP contribution >= 0.6 is 0 Å². The summed E-state index contributed by atoms with van der Waals surface area (Å²) < 4.78 is 5.21. The van der Waals surface area contributed by atoms with Crippen molar-refractivity contribution < 1.29 is 9.53 Å². The number of hydrogen-bond donors (Lipinski definition) is 2. The number of ether oxygens (including phenoxy) is 1. The van der Waals surface area contributed by atoms with Gasteiger partial charge in [-0.3, -0.25) is 4.79 Å². The minimum Gasteiger partial charge on any atom is -0.382 e. The molecule has 0 aromatic rings. The molecule has 100 valence electrons. The lowest BCUT2D eigenvalue weighted by Crippen LogP contribution is -2.42. The van der Waals surface area contributed by atoms with E-state index in [9.17, 15) is 4.79 Å². The maximum absolute atomic E-state index is 11.6. The van der Waals surface area contributed by atoms with Gasteiger partial charge in [-0.05, 0) is 44.7 Å². The van der Waals surface area contributed by atoms with Crippen LogP contribution in [0, 0.1) is 11.8 Å². The van der Waals surface area contributed by atoms with E-state index in [1.165, 1.54) is 6.42 Å². The average Bonchev–Trinajstić information content (AvgIpc) is 2.34. The third-order valence-electron chi connectivity index (χ3n) is 3.45. The van der Waals surface area contributed by atoms with E-state index in [2.05, 4.69) is 17.6 Å². The zero-order valence-electron chi connectivity index (χ0n) is 11.1. The van der Waals surface area contributed by atoms with Gasteiger partial charge >= 0.3 is 0 Å². The van der Waals surface area contributed by atoms with E-state index >= 15 is 0 Å². The molecular weight excluding hydrogens is 216 g/mol. The average molecular weight is 242 g/mol. The number of nitrogens with one attached hydrogen (secondary N) is 2. The third-order valence-corrected chi connectivity index (χ3v) is 3.45. The fourth-order valence-electron chi connectivity index (χ4n) is 2.14. The molecule has 2 N–H and O–H groups in total. The van der Waals surface area contributed by atoms with Gasteiger partial charge in [0.25, 0.3) is 0 Å². The second-order valence-corrected chi connectivity index (χ2v) is 4.83. The molecule has 2 atom stereocenters. The van der Waals surface area contributed by atoms with Gasteiger partial charge in [-0.15, -0.1) is 0 Å². The molecule has 1 fully saturated rings. The molecule has 4 nitrogen and oxygen atoms in total. The number of amides is 1. The van der Waals surface area contributed by atoms with E-state index in [4.69, 9.17) is 4.74 Å². The molecule has 17 heavy (non-hydrogen) atoms. The zero-order chi connectivity index (χ0) is 12.5. The van der Waals surface area contributed by atoms with Crippen molar-refractivity contribution in [3.63, 3.8) is 0 Å². The van der Waals surface area contributed by atoms with E-state index in [1.807, 2.05) is 6.92 Å². The highest BCUT2D eigenvalue weighted by atomic mass is 16.5. The number of hydrogen-bond acceptors (Lipinski definition) is 3. The summed E-state index contributed by atoms with van der Waals surface area (Å²) in [4.78, 5) is 11.6. The van der Waals surface area contributed by atoms with Gasteiger partial charge < -0.3 is 15.4 Å². The molecule has 4 heteroatoms. The van der Waals surface area contributed by atoms with Crippen molar-refractivity contribution in [2.75, 3.05) is 32.8 Å². The number of carbonyl (C=O) groups excluding carboxylic acids is 1. The van der Waals surface area contributed by atoms with Crippen LogP contribution in [0.1, 0.15) is 33.1 Å². The SMILES string of the molecule is CCOCCCC(=O)NCC1CNCCC1C. The topological polar surface area (TPSA) is 50.4 Å². The molecule has 0 bridgehead atoms. The summed E-state index contributed by atoms with van der Waals surface area (Å²) in [7, 11) is 0. The summed E-state index contributed by atoms with van der Waals surface area (Å²) >= 11 is 0. The lowest BCUT2D eigenvalue weighted by Gasteiger charge is -2.29. The molecule has 0 aliphatic carbocycles. The molecular formula is C13H26N2O2. The fraction of sp³-hybridized carbons (Fsp3) is 0.923. The van der Waals surface area contributed by atoms with Crippen LogP contribution in [-0.2, 0) is 9.53 Å². The van der Waals surface area contributed by atoms with Crippen LogP contribution in [0.3, 0.4) is 0 Å². The molecule has 0 aromatic heterocycles. The molecule has 0 aromatic carbocycles. The van der Waals surface area contributed by atoms with Crippen LogP contribution in [0.5, 0.6) is 0 Å². The maximum Gasteiger partial charge on any atom is 0.220 e. The third kappa shape index (κ3) is 6.03. The van der Waals surface area contributed by atoms with Crippen molar-refractivity contribution in [1.29, 1.82) is 0 Å². The normalized spacial score (nSPS) is 24.6. The Kier molecular flexibility index (Phi) is 7.21. The van der Waals surface area contributed by atoms with Gasteiger partial charge in [-0.2, -0.15) is 0 Å². The minimum absolute atomic E-state index is 0.155. The Morgan fingerprint density at radius 3 is 3.06 bits per heavy atom. The van der Waals surface area contributed by atoms with E-state index in [0.29, 0.717) is 24.9 Å². The standard InChI is InChI=1S/C13H26N2O2/c1-3-17-8-4-5-13(16)15-10-12-9-14-7-6-11(12)2/h11-12,14H,3-10H2,1-2H3,(H,15,16). The largest absolute Gasteiger partial charge is 0.382 e. The van der Waals surface area contributed by atoms with Crippen LogP contribution in [0.4, 0.5) is 0 Å². The highest BCUT2D eigenvalue weighted by Crippen LogP contribution is 2.17. The Morgan fingerprint density at radius 1 is 1.53 bits per heavy atom. The number of carbonyl (C=O) groups is 1. The summed E-state index contributed by atoms with van der Waals surface area (Å²) in [6, 6.07) is 0.